The number of nitrogens with one attached hydrogen (secondary N) is 1. The number of hydrogen-bond donors (Lipinski definition) is 1. The van der Waals surface area contributed by atoms with Gasteiger partial charge in [0.05, 0.1) is 18.9 Å². The van der Waals surface area contributed by atoms with Gasteiger partial charge in [0.1, 0.15) is 5.76 Å². The van der Waals surface area contributed by atoms with Crippen LogP contribution in [0.4, 0.5) is 5.69 Å². The summed E-state index contributed by atoms with van der Waals surface area (Å²) in [5.74, 6) is 0.444. The van der Waals surface area contributed by atoms with Gasteiger partial charge in [0.15, 0.2) is 0 Å². The zero-order valence-corrected chi connectivity index (χ0v) is 14.2. The van der Waals surface area contributed by atoms with E-state index in [-0.39, 0.29) is 17.9 Å². The highest BCUT2D eigenvalue weighted by molar-refractivity contribution is 5.96. The minimum absolute atomic E-state index is 0.0532. The summed E-state index contributed by atoms with van der Waals surface area (Å²) in [6.45, 7) is 3.08. The van der Waals surface area contributed by atoms with Gasteiger partial charge in [-0.15, -0.1) is 0 Å². The molecule has 1 aliphatic rings. The van der Waals surface area contributed by atoms with Gasteiger partial charge in [-0.1, -0.05) is 6.07 Å². The van der Waals surface area contributed by atoms with Gasteiger partial charge < -0.3 is 19.4 Å². The van der Waals surface area contributed by atoms with Crippen LogP contribution in [0.3, 0.4) is 0 Å². The maximum Gasteiger partial charge on any atom is 0.254 e. The van der Waals surface area contributed by atoms with Crippen molar-refractivity contribution in [2.24, 2.45) is 0 Å². The predicted molar refractivity (Wildman–Crippen MR) is 93.2 cm³/mol. The summed E-state index contributed by atoms with van der Waals surface area (Å²) in [6, 6.07) is 10.6. The number of furan rings is 1. The van der Waals surface area contributed by atoms with Crippen LogP contribution in [0.15, 0.2) is 47.1 Å². The first kappa shape index (κ1) is 17.2. The van der Waals surface area contributed by atoms with Crippen LogP contribution in [0.2, 0.25) is 0 Å². The lowest BCUT2D eigenvalue weighted by atomic mass is 10.1. The third-order valence-electron chi connectivity index (χ3n) is 4.09. The van der Waals surface area contributed by atoms with E-state index in [0.29, 0.717) is 24.3 Å². The van der Waals surface area contributed by atoms with E-state index in [4.69, 9.17) is 9.15 Å². The third kappa shape index (κ3) is 4.70. The fourth-order valence-electron chi connectivity index (χ4n) is 2.96. The van der Waals surface area contributed by atoms with Crippen LogP contribution in [0, 0.1) is 0 Å². The van der Waals surface area contributed by atoms with Crippen LogP contribution in [-0.2, 0) is 16.1 Å². The number of carbonyl (C=O) groups excluding carboxylic acids is 2. The number of anilines is 1. The SMILES string of the molecule is CC(=O)Nc1cccc(C(=O)N(Cc2ccco2)CC2CCCO2)c1. The van der Waals surface area contributed by atoms with E-state index in [1.165, 1.54) is 6.92 Å². The van der Waals surface area contributed by atoms with E-state index in [1.807, 2.05) is 12.1 Å². The number of nitrogens with zero attached hydrogens (tertiary/aromatic N) is 1. The second-order valence-corrected chi connectivity index (χ2v) is 6.16. The molecule has 2 aromatic rings. The van der Waals surface area contributed by atoms with Gasteiger partial charge in [-0.3, -0.25) is 9.59 Å². The maximum absolute atomic E-state index is 13.0. The molecule has 2 heterocycles. The summed E-state index contributed by atoms with van der Waals surface area (Å²) in [5.41, 5.74) is 1.13. The van der Waals surface area contributed by atoms with Crippen LogP contribution in [0.1, 0.15) is 35.9 Å². The second-order valence-electron chi connectivity index (χ2n) is 6.16. The molecule has 1 unspecified atom stereocenters. The highest BCUT2D eigenvalue weighted by Gasteiger charge is 2.24. The minimum Gasteiger partial charge on any atom is -0.467 e. The molecule has 1 fully saturated rings. The van der Waals surface area contributed by atoms with Crippen molar-refractivity contribution in [3.05, 3.63) is 54.0 Å². The third-order valence-corrected chi connectivity index (χ3v) is 4.09. The standard InChI is InChI=1S/C19H22N2O4/c1-14(22)20-16-6-2-5-15(11-16)19(23)21(12-17-7-3-9-24-17)13-18-8-4-10-25-18/h2-3,5-7,9,11,18H,4,8,10,12-13H2,1H3,(H,20,22). The van der Waals surface area contributed by atoms with E-state index >= 15 is 0 Å². The topological polar surface area (TPSA) is 71.8 Å². The number of hydrogen-bond acceptors (Lipinski definition) is 4. The summed E-state index contributed by atoms with van der Waals surface area (Å²) in [5, 5.41) is 2.70. The van der Waals surface area contributed by atoms with Crippen molar-refractivity contribution in [2.45, 2.75) is 32.4 Å². The molecule has 0 radical (unpaired) electrons. The zero-order valence-electron chi connectivity index (χ0n) is 14.2. The summed E-state index contributed by atoms with van der Waals surface area (Å²) in [7, 11) is 0. The van der Waals surface area contributed by atoms with Crippen LogP contribution in [0.5, 0.6) is 0 Å². The first-order chi connectivity index (χ1) is 12.1. The number of ether oxygens (including phenoxy) is 1. The Balaban J connectivity index is 1.78. The van der Waals surface area contributed by atoms with Crippen LogP contribution >= 0.6 is 0 Å². The van der Waals surface area contributed by atoms with E-state index in [1.54, 1.807) is 35.4 Å². The molecule has 0 bridgehead atoms. The maximum atomic E-state index is 13.0. The van der Waals surface area contributed by atoms with Gasteiger partial charge in [-0.2, -0.15) is 0 Å². The molecule has 1 saturated heterocycles. The van der Waals surface area contributed by atoms with Gasteiger partial charge in [0.2, 0.25) is 5.91 Å². The summed E-state index contributed by atoms with van der Waals surface area (Å²) < 4.78 is 11.1. The number of rotatable bonds is 6. The molecule has 1 N–H and O–H groups in total. The van der Waals surface area contributed by atoms with Crippen LogP contribution in [-0.4, -0.2) is 36.0 Å². The molecule has 0 aliphatic carbocycles. The lowest BCUT2D eigenvalue weighted by Crippen LogP contribution is -2.36. The lowest BCUT2D eigenvalue weighted by Gasteiger charge is -2.25. The molecule has 6 heteroatoms. The monoisotopic (exact) mass is 342 g/mol. The highest BCUT2D eigenvalue weighted by Crippen LogP contribution is 2.19. The first-order valence-electron chi connectivity index (χ1n) is 8.43. The fraction of sp³-hybridized carbons (Fsp3) is 0.368. The van der Waals surface area contributed by atoms with Crippen molar-refractivity contribution >= 4 is 17.5 Å². The molecular weight excluding hydrogens is 320 g/mol. The Morgan fingerprint density at radius 3 is 2.84 bits per heavy atom. The molecule has 0 saturated carbocycles. The van der Waals surface area contributed by atoms with Gasteiger partial charge in [-0.05, 0) is 43.2 Å². The van der Waals surface area contributed by atoms with Gasteiger partial charge in [0, 0.05) is 31.3 Å². The van der Waals surface area contributed by atoms with Crippen molar-refractivity contribution < 1.29 is 18.7 Å². The molecule has 2 amide bonds. The average Bonchev–Trinajstić information content (AvgIpc) is 3.27. The smallest absolute Gasteiger partial charge is 0.254 e. The molecule has 1 atom stereocenters. The molecule has 1 aliphatic heterocycles. The predicted octanol–water partition coefficient (Wildman–Crippen LogP) is 3.06. The van der Waals surface area contributed by atoms with E-state index in [2.05, 4.69) is 5.32 Å². The Labute approximate surface area is 146 Å². The number of carbonyl (C=O) groups is 2. The van der Waals surface area contributed by atoms with Crippen LogP contribution < -0.4 is 5.32 Å². The fourth-order valence-corrected chi connectivity index (χ4v) is 2.96. The summed E-state index contributed by atoms with van der Waals surface area (Å²) in [4.78, 5) is 26.0. The normalized spacial score (nSPS) is 16.6. The molecule has 6 nitrogen and oxygen atoms in total. The molecule has 25 heavy (non-hydrogen) atoms. The van der Waals surface area contributed by atoms with Crippen molar-refractivity contribution in [3.8, 4) is 0 Å². The average molecular weight is 342 g/mol. The van der Waals surface area contributed by atoms with Gasteiger partial charge >= 0.3 is 0 Å². The van der Waals surface area contributed by atoms with Gasteiger partial charge in [-0.25, -0.2) is 0 Å². The van der Waals surface area contributed by atoms with Crippen molar-refractivity contribution in [1.82, 2.24) is 4.90 Å². The van der Waals surface area contributed by atoms with Crippen molar-refractivity contribution in [2.75, 3.05) is 18.5 Å². The van der Waals surface area contributed by atoms with Crippen molar-refractivity contribution in [1.29, 1.82) is 0 Å². The van der Waals surface area contributed by atoms with Crippen molar-refractivity contribution in [3.63, 3.8) is 0 Å². The zero-order chi connectivity index (χ0) is 17.6. The summed E-state index contributed by atoms with van der Waals surface area (Å²) >= 11 is 0. The number of benzene rings is 1. The molecule has 132 valence electrons. The first-order valence-corrected chi connectivity index (χ1v) is 8.43. The quantitative estimate of drug-likeness (QED) is 0.876. The summed E-state index contributed by atoms with van der Waals surface area (Å²) in [6.07, 6.45) is 3.62. The van der Waals surface area contributed by atoms with E-state index < -0.39 is 0 Å². The van der Waals surface area contributed by atoms with E-state index in [9.17, 15) is 9.59 Å². The Morgan fingerprint density at radius 1 is 1.28 bits per heavy atom. The second kappa shape index (κ2) is 7.98. The van der Waals surface area contributed by atoms with Gasteiger partial charge in [0.25, 0.3) is 5.91 Å². The Bertz CT molecular complexity index is 721. The largest absolute Gasteiger partial charge is 0.467 e. The molecular formula is C19H22N2O4. The molecule has 0 spiro atoms. The Morgan fingerprint density at radius 2 is 2.16 bits per heavy atom. The molecule has 1 aromatic carbocycles. The number of amides is 2. The Hall–Kier alpha value is -2.60. The molecule has 3 rings (SSSR count). The van der Waals surface area contributed by atoms with E-state index in [0.717, 1.165) is 25.2 Å². The minimum atomic E-state index is -0.170. The highest BCUT2D eigenvalue weighted by atomic mass is 16.5. The van der Waals surface area contributed by atoms with Crippen LogP contribution in [0.25, 0.3) is 0 Å². The lowest BCUT2D eigenvalue weighted by molar-refractivity contribution is -0.114. The molecule has 1 aromatic heterocycles. The Kier molecular flexibility index (Phi) is 5.50.